The second-order valence-corrected chi connectivity index (χ2v) is 6.91. The van der Waals surface area contributed by atoms with E-state index in [4.69, 9.17) is 5.73 Å². The van der Waals surface area contributed by atoms with Gasteiger partial charge in [0, 0.05) is 16.9 Å². The van der Waals surface area contributed by atoms with Crippen molar-refractivity contribution in [2.24, 2.45) is 10.7 Å². The van der Waals surface area contributed by atoms with Crippen LogP contribution in [0.25, 0.3) is 16.7 Å². The van der Waals surface area contributed by atoms with Crippen molar-refractivity contribution >= 4 is 29.7 Å². The van der Waals surface area contributed by atoms with Gasteiger partial charge < -0.3 is 5.73 Å². The van der Waals surface area contributed by atoms with Gasteiger partial charge in [0.15, 0.2) is 0 Å². The van der Waals surface area contributed by atoms with Crippen LogP contribution in [0.3, 0.4) is 0 Å². The van der Waals surface area contributed by atoms with Gasteiger partial charge in [-0.25, -0.2) is 4.99 Å². The lowest BCUT2D eigenvalue weighted by Gasteiger charge is -2.17. The molecule has 154 valence electrons. The van der Waals surface area contributed by atoms with Gasteiger partial charge in [0.2, 0.25) is 0 Å². The lowest BCUT2D eigenvalue weighted by Crippen LogP contribution is -2.38. The molecule has 0 aliphatic heterocycles. The van der Waals surface area contributed by atoms with Crippen molar-refractivity contribution in [3.8, 4) is 11.1 Å². The Balaban J connectivity index is 2.56. The number of benzene rings is 2. The van der Waals surface area contributed by atoms with E-state index < -0.39 is 11.7 Å². The predicted molar refractivity (Wildman–Crippen MR) is 116 cm³/mol. The molecule has 0 spiro atoms. The maximum atomic E-state index is 13.8. The van der Waals surface area contributed by atoms with Crippen molar-refractivity contribution in [1.82, 2.24) is 10.9 Å². The molecule has 0 saturated carbocycles. The minimum atomic E-state index is -4.57. The number of amidine groups is 1. The highest BCUT2D eigenvalue weighted by Gasteiger charge is 2.35. The molecule has 0 bridgehead atoms. The van der Waals surface area contributed by atoms with Gasteiger partial charge in [-0.3, -0.25) is 10.9 Å². The van der Waals surface area contributed by atoms with Crippen molar-refractivity contribution < 1.29 is 13.2 Å². The number of nitrogens with zero attached hydrogens (tertiary/aromatic N) is 1. The second-order valence-electron chi connectivity index (χ2n) is 6.43. The summed E-state index contributed by atoms with van der Waals surface area (Å²) in [5, 5.41) is 0. The minimum Gasteiger partial charge on any atom is -0.385 e. The first-order chi connectivity index (χ1) is 13.5. The van der Waals surface area contributed by atoms with Crippen LogP contribution >= 0.6 is 12.6 Å². The van der Waals surface area contributed by atoms with E-state index in [1.165, 1.54) is 6.07 Å². The summed E-state index contributed by atoms with van der Waals surface area (Å²) in [4.78, 5) is 4.42. The smallest absolute Gasteiger partial charge is 0.385 e. The molecule has 0 saturated heterocycles. The van der Waals surface area contributed by atoms with Gasteiger partial charge in [-0.1, -0.05) is 49.9 Å². The molecule has 0 fully saturated rings. The molecule has 0 unspecified atom stereocenters. The van der Waals surface area contributed by atoms with E-state index in [0.717, 1.165) is 17.2 Å². The van der Waals surface area contributed by atoms with Crippen LogP contribution in [-0.4, -0.2) is 5.84 Å². The molecule has 0 atom stereocenters. The molecule has 0 aliphatic carbocycles. The highest BCUT2D eigenvalue weighted by atomic mass is 32.1. The fourth-order valence-corrected chi connectivity index (χ4v) is 3.01. The monoisotopic (exact) mass is 420 g/mol. The standard InChI is InChI=1S/C21H23F3N4S/c1-5-19(28-27-13(4)25)26-16-10-17(21(22,23)24)20(18(29)11-16)15-8-6-14(7-9-15)12(2)3/h6-11,27,29H,2,4-5,25H2,1,3H3,(H,26,28). The Bertz CT molecular complexity index is 948. The SMILES string of the molecule is C=C(N)NNC(CC)=Nc1cc(S)c(-c2ccc(C(=C)C)cc2)c(C(F)(F)F)c1. The first-order valence-corrected chi connectivity index (χ1v) is 9.22. The third-order valence-corrected chi connectivity index (χ3v) is 4.39. The van der Waals surface area contributed by atoms with Crippen LogP contribution in [0, 0.1) is 0 Å². The number of rotatable bonds is 6. The maximum absolute atomic E-state index is 13.8. The fourth-order valence-electron chi connectivity index (χ4n) is 2.63. The first-order valence-electron chi connectivity index (χ1n) is 8.77. The van der Waals surface area contributed by atoms with Crippen LogP contribution in [0.5, 0.6) is 0 Å². The van der Waals surface area contributed by atoms with E-state index in [2.05, 4.69) is 41.6 Å². The summed E-state index contributed by atoms with van der Waals surface area (Å²) in [5.74, 6) is 0.557. The Morgan fingerprint density at radius 3 is 2.24 bits per heavy atom. The summed E-state index contributed by atoms with van der Waals surface area (Å²) in [6.45, 7) is 11.0. The third-order valence-electron chi connectivity index (χ3n) is 4.04. The predicted octanol–water partition coefficient (Wildman–Crippen LogP) is 5.66. The van der Waals surface area contributed by atoms with E-state index in [9.17, 15) is 13.2 Å². The van der Waals surface area contributed by atoms with Crippen LogP contribution in [0.15, 0.2) is 65.3 Å². The quantitative estimate of drug-likeness (QED) is 0.211. The first kappa shape index (κ1) is 22.4. The molecule has 0 heterocycles. The summed E-state index contributed by atoms with van der Waals surface area (Å²) in [6, 6.07) is 9.24. The highest BCUT2D eigenvalue weighted by molar-refractivity contribution is 7.80. The molecule has 29 heavy (non-hydrogen) atoms. The molecule has 4 nitrogen and oxygen atoms in total. The van der Waals surface area contributed by atoms with E-state index in [1.54, 1.807) is 31.2 Å². The minimum absolute atomic E-state index is 0.00696. The summed E-state index contributed by atoms with van der Waals surface area (Å²) < 4.78 is 41.5. The van der Waals surface area contributed by atoms with Gasteiger partial charge in [0.05, 0.1) is 11.3 Å². The Kier molecular flexibility index (Phi) is 7.02. The van der Waals surface area contributed by atoms with E-state index in [1.807, 2.05) is 6.92 Å². The third kappa shape index (κ3) is 5.80. The number of hydrogen-bond donors (Lipinski definition) is 4. The number of nitrogens with one attached hydrogen (secondary N) is 2. The number of thiol groups is 1. The Morgan fingerprint density at radius 2 is 1.76 bits per heavy atom. The van der Waals surface area contributed by atoms with Gasteiger partial charge in [-0.05, 0) is 30.2 Å². The van der Waals surface area contributed by atoms with Crippen LogP contribution in [0.1, 0.15) is 31.4 Å². The zero-order valence-electron chi connectivity index (χ0n) is 16.2. The summed E-state index contributed by atoms with van der Waals surface area (Å²) in [7, 11) is 0. The Labute approximate surface area is 173 Å². The number of allylic oxidation sites excluding steroid dienone is 1. The number of alkyl halides is 3. The molecule has 0 radical (unpaired) electrons. The van der Waals surface area contributed by atoms with Gasteiger partial charge in [-0.15, -0.1) is 12.6 Å². The summed E-state index contributed by atoms with van der Waals surface area (Å²) in [6.07, 6.45) is -4.14. The van der Waals surface area contributed by atoms with Crippen LogP contribution < -0.4 is 16.6 Å². The molecule has 2 aromatic carbocycles. The molecule has 0 aromatic heterocycles. The lowest BCUT2D eigenvalue weighted by molar-refractivity contribution is -0.137. The van der Waals surface area contributed by atoms with Gasteiger partial charge >= 0.3 is 6.18 Å². The van der Waals surface area contributed by atoms with Crippen LogP contribution in [0.2, 0.25) is 0 Å². The van der Waals surface area contributed by atoms with E-state index >= 15 is 0 Å². The summed E-state index contributed by atoms with van der Waals surface area (Å²) >= 11 is 4.33. The molecule has 8 heteroatoms. The molecule has 0 aliphatic rings. The Hall–Kier alpha value is -2.87. The number of hydrazine groups is 1. The molecule has 2 aromatic rings. The fraction of sp³-hybridized carbons (Fsp3) is 0.190. The Morgan fingerprint density at radius 1 is 1.14 bits per heavy atom. The normalized spacial score (nSPS) is 11.9. The van der Waals surface area contributed by atoms with Crippen molar-refractivity contribution in [3.05, 3.63) is 66.5 Å². The largest absolute Gasteiger partial charge is 0.417 e. The average Bonchev–Trinajstić information content (AvgIpc) is 2.63. The molecule has 2 rings (SSSR count). The van der Waals surface area contributed by atoms with Crippen molar-refractivity contribution in [2.45, 2.75) is 31.3 Å². The van der Waals surface area contributed by atoms with Crippen molar-refractivity contribution in [2.75, 3.05) is 0 Å². The number of hydrogen-bond acceptors (Lipinski definition) is 4. The number of nitrogens with two attached hydrogens (primary N) is 1. The van der Waals surface area contributed by atoms with Crippen molar-refractivity contribution in [3.63, 3.8) is 0 Å². The number of halogens is 3. The molecule has 4 N–H and O–H groups in total. The van der Waals surface area contributed by atoms with E-state index in [0.29, 0.717) is 17.8 Å². The topological polar surface area (TPSA) is 62.4 Å². The second kappa shape index (κ2) is 9.09. The zero-order chi connectivity index (χ0) is 21.8. The molecular formula is C21H23F3N4S. The lowest BCUT2D eigenvalue weighted by atomic mass is 9.96. The molecule has 0 amide bonds. The highest BCUT2D eigenvalue weighted by Crippen LogP contribution is 2.43. The van der Waals surface area contributed by atoms with Crippen molar-refractivity contribution in [1.29, 1.82) is 0 Å². The number of aliphatic imine (C=N–C) groups is 1. The van der Waals surface area contributed by atoms with Gasteiger partial charge in [0.25, 0.3) is 0 Å². The molecular weight excluding hydrogens is 397 g/mol. The van der Waals surface area contributed by atoms with Crippen LogP contribution in [-0.2, 0) is 6.18 Å². The summed E-state index contributed by atoms with van der Waals surface area (Å²) in [5.41, 5.74) is 12.1. The van der Waals surface area contributed by atoms with Crippen LogP contribution in [0.4, 0.5) is 18.9 Å². The maximum Gasteiger partial charge on any atom is 0.417 e. The van der Waals surface area contributed by atoms with E-state index in [-0.39, 0.29) is 22.0 Å². The average molecular weight is 421 g/mol. The zero-order valence-corrected chi connectivity index (χ0v) is 17.1. The van der Waals surface area contributed by atoms with Gasteiger partial charge in [-0.2, -0.15) is 13.2 Å². The van der Waals surface area contributed by atoms with Gasteiger partial charge in [0.1, 0.15) is 11.7 Å².